The average Bonchev–Trinajstić information content (AvgIpc) is 3.22. The van der Waals surface area contributed by atoms with Crippen molar-refractivity contribution in [2.24, 2.45) is 0 Å². The lowest BCUT2D eigenvalue weighted by Gasteiger charge is -2.02. The van der Waals surface area contributed by atoms with E-state index in [9.17, 15) is 5.26 Å². The molecule has 0 saturated heterocycles. The zero-order valence-electron chi connectivity index (χ0n) is 14.7. The van der Waals surface area contributed by atoms with Gasteiger partial charge in [0.15, 0.2) is 0 Å². The van der Waals surface area contributed by atoms with E-state index in [-0.39, 0.29) is 0 Å². The van der Waals surface area contributed by atoms with Crippen molar-refractivity contribution < 1.29 is 4.74 Å². The highest BCUT2D eigenvalue weighted by Crippen LogP contribution is 2.29. The number of nitrogens with zero attached hydrogens (tertiary/aromatic N) is 2. The number of hydrogen-bond acceptors (Lipinski definition) is 4. The molecule has 130 valence electrons. The minimum atomic E-state index is 0.566. The molecule has 0 fully saturated rings. The van der Waals surface area contributed by atoms with E-state index in [4.69, 9.17) is 4.74 Å². The van der Waals surface area contributed by atoms with Gasteiger partial charge >= 0.3 is 0 Å². The SMILES string of the molecule is COc1ccc(-c2csc(C(C#N)=Cc3cccc4ccccc34)n2)cc1. The first-order chi connectivity index (χ1) is 13.3. The summed E-state index contributed by atoms with van der Waals surface area (Å²) in [5.74, 6) is 0.808. The number of hydrogen-bond donors (Lipinski definition) is 0. The van der Waals surface area contributed by atoms with E-state index in [1.54, 1.807) is 7.11 Å². The molecule has 0 unspecified atom stereocenters. The van der Waals surface area contributed by atoms with E-state index in [2.05, 4.69) is 29.3 Å². The van der Waals surface area contributed by atoms with Gasteiger partial charge in [-0.2, -0.15) is 5.26 Å². The molecule has 0 aliphatic rings. The highest BCUT2D eigenvalue weighted by atomic mass is 32.1. The van der Waals surface area contributed by atoms with Gasteiger partial charge in [0.1, 0.15) is 16.8 Å². The van der Waals surface area contributed by atoms with E-state index in [0.717, 1.165) is 38.4 Å². The van der Waals surface area contributed by atoms with E-state index in [1.165, 1.54) is 11.3 Å². The van der Waals surface area contributed by atoms with Crippen LogP contribution in [0.15, 0.2) is 72.1 Å². The van der Waals surface area contributed by atoms with Crippen LogP contribution < -0.4 is 4.74 Å². The minimum Gasteiger partial charge on any atom is -0.497 e. The van der Waals surface area contributed by atoms with Crippen molar-refractivity contribution in [3.63, 3.8) is 0 Å². The number of methoxy groups -OCH3 is 1. The second-order valence-corrected chi connectivity index (χ2v) is 6.86. The molecule has 4 heteroatoms. The third-order valence-corrected chi connectivity index (χ3v) is 5.24. The molecule has 0 saturated carbocycles. The Balaban J connectivity index is 1.72. The fourth-order valence-electron chi connectivity index (χ4n) is 2.97. The molecule has 0 bridgehead atoms. The number of nitriles is 1. The van der Waals surface area contributed by atoms with Gasteiger partial charge in [0.05, 0.1) is 18.4 Å². The molecule has 1 aromatic heterocycles. The third-order valence-electron chi connectivity index (χ3n) is 4.36. The van der Waals surface area contributed by atoms with Crippen molar-refractivity contribution in [1.29, 1.82) is 5.26 Å². The summed E-state index contributed by atoms with van der Waals surface area (Å²) in [5.41, 5.74) is 3.44. The lowest BCUT2D eigenvalue weighted by Crippen LogP contribution is -1.85. The molecule has 3 aromatic carbocycles. The van der Waals surface area contributed by atoms with Crippen molar-refractivity contribution in [3.05, 3.63) is 82.7 Å². The number of benzene rings is 3. The molecule has 1 heterocycles. The Morgan fingerprint density at radius 2 is 1.81 bits per heavy atom. The van der Waals surface area contributed by atoms with E-state index in [0.29, 0.717) is 5.57 Å². The molecule has 0 amide bonds. The number of thiazole rings is 1. The molecule has 0 atom stereocenters. The Bertz CT molecular complexity index is 1160. The molecule has 0 spiro atoms. The van der Waals surface area contributed by atoms with Crippen molar-refractivity contribution in [1.82, 2.24) is 4.98 Å². The molecular formula is C23H16N2OS. The first kappa shape index (κ1) is 17.0. The molecule has 4 aromatic rings. The molecule has 27 heavy (non-hydrogen) atoms. The van der Waals surface area contributed by atoms with Gasteiger partial charge in [-0.1, -0.05) is 42.5 Å². The number of allylic oxidation sites excluding steroid dienone is 1. The van der Waals surface area contributed by atoms with Crippen LogP contribution in [-0.4, -0.2) is 12.1 Å². The highest BCUT2D eigenvalue weighted by Gasteiger charge is 2.10. The second kappa shape index (κ2) is 7.45. The Labute approximate surface area is 161 Å². The largest absolute Gasteiger partial charge is 0.497 e. The number of rotatable bonds is 4. The van der Waals surface area contributed by atoms with Crippen LogP contribution in [0.1, 0.15) is 10.6 Å². The number of aromatic nitrogens is 1. The third kappa shape index (κ3) is 3.46. The maximum absolute atomic E-state index is 9.69. The quantitative estimate of drug-likeness (QED) is 0.413. The topological polar surface area (TPSA) is 45.9 Å². The van der Waals surface area contributed by atoms with Crippen LogP contribution in [0.4, 0.5) is 0 Å². The Kier molecular flexibility index (Phi) is 4.69. The molecule has 0 radical (unpaired) electrons. The smallest absolute Gasteiger partial charge is 0.134 e. The summed E-state index contributed by atoms with van der Waals surface area (Å²) in [6, 6.07) is 24.3. The predicted octanol–water partition coefficient (Wildman–Crippen LogP) is 6.04. The molecule has 0 aliphatic heterocycles. The molecule has 0 aliphatic carbocycles. The van der Waals surface area contributed by atoms with Crippen LogP contribution >= 0.6 is 11.3 Å². The standard InChI is InChI=1S/C23H16N2OS/c1-26-20-11-9-17(10-12-20)22-15-27-23(25-22)19(14-24)13-18-7-4-6-16-5-2-3-8-21(16)18/h2-13,15H,1H3. The van der Waals surface area contributed by atoms with Crippen LogP contribution in [0, 0.1) is 11.3 Å². The van der Waals surface area contributed by atoms with Crippen molar-refractivity contribution in [2.45, 2.75) is 0 Å². The monoisotopic (exact) mass is 368 g/mol. The zero-order chi connectivity index (χ0) is 18.6. The second-order valence-electron chi connectivity index (χ2n) is 6.00. The van der Waals surface area contributed by atoms with Crippen LogP contribution in [0.25, 0.3) is 33.7 Å². The molecule has 0 N–H and O–H groups in total. The van der Waals surface area contributed by atoms with Crippen molar-refractivity contribution >= 4 is 33.8 Å². The maximum atomic E-state index is 9.69. The lowest BCUT2D eigenvalue weighted by atomic mass is 10.0. The average molecular weight is 368 g/mol. The van der Waals surface area contributed by atoms with E-state index >= 15 is 0 Å². The van der Waals surface area contributed by atoms with Crippen LogP contribution in [0.5, 0.6) is 5.75 Å². The fraction of sp³-hybridized carbons (Fsp3) is 0.0435. The summed E-state index contributed by atoms with van der Waals surface area (Å²) in [6.07, 6.45) is 1.92. The van der Waals surface area contributed by atoms with Gasteiger partial charge in [0.2, 0.25) is 0 Å². The van der Waals surface area contributed by atoms with Gasteiger partial charge in [-0.15, -0.1) is 11.3 Å². The van der Waals surface area contributed by atoms with Gasteiger partial charge in [0.25, 0.3) is 0 Å². The summed E-state index contributed by atoms with van der Waals surface area (Å²) >= 11 is 1.48. The molecule has 4 rings (SSSR count). The summed E-state index contributed by atoms with van der Waals surface area (Å²) < 4.78 is 5.20. The van der Waals surface area contributed by atoms with Gasteiger partial charge in [0, 0.05) is 10.9 Å². The Morgan fingerprint density at radius 3 is 2.59 bits per heavy atom. The first-order valence-electron chi connectivity index (χ1n) is 8.48. The van der Waals surface area contributed by atoms with Gasteiger partial charge < -0.3 is 4.74 Å². The Morgan fingerprint density at radius 1 is 1.04 bits per heavy atom. The van der Waals surface area contributed by atoms with Gasteiger partial charge in [-0.25, -0.2) is 4.98 Å². The zero-order valence-corrected chi connectivity index (χ0v) is 15.5. The lowest BCUT2D eigenvalue weighted by molar-refractivity contribution is 0.415. The van der Waals surface area contributed by atoms with Crippen molar-refractivity contribution in [2.75, 3.05) is 7.11 Å². The van der Waals surface area contributed by atoms with Crippen LogP contribution in [0.3, 0.4) is 0 Å². The molecule has 3 nitrogen and oxygen atoms in total. The maximum Gasteiger partial charge on any atom is 0.134 e. The summed E-state index contributed by atoms with van der Waals surface area (Å²) in [5, 5.41) is 14.7. The molecular weight excluding hydrogens is 352 g/mol. The van der Waals surface area contributed by atoms with Crippen molar-refractivity contribution in [3.8, 4) is 23.1 Å². The summed E-state index contributed by atoms with van der Waals surface area (Å²) in [4.78, 5) is 4.67. The van der Waals surface area contributed by atoms with E-state index in [1.807, 2.05) is 60.0 Å². The number of ether oxygens (including phenoxy) is 1. The normalized spacial score (nSPS) is 11.3. The summed E-state index contributed by atoms with van der Waals surface area (Å²) in [7, 11) is 1.65. The fourth-order valence-corrected chi connectivity index (χ4v) is 3.76. The van der Waals surface area contributed by atoms with Gasteiger partial charge in [-0.3, -0.25) is 0 Å². The summed E-state index contributed by atoms with van der Waals surface area (Å²) in [6.45, 7) is 0. The van der Waals surface area contributed by atoms with Gasteiger partial charge in [-0.05, 0) is 46.7 Å². The van der Waals surface area contributed by atoms with Crippen LogP contribution in [0.2, 0.25) is 0 Å². The van der Waals surface area contributed by atoms with E-state index < -0.39 is 0 Å². The number of fused-ring (bicyclic) bond motifs is 1. The predicted molar refractivity (Wildman–Crippen MR) is 112 cm³/mol. The first-order valence-corrected chi connectivity index (χ1v) is 9.36. The Hall–Kier alpha value is -3.42. The van der Waals surface area contributed by atoms with Crippen LogP contribution in [-0.2, 0) is 0 Å². The highest BCUT2D eigenvalue weighted by molar-refractivity contribution is 7.11. The minimum absolute atomic E-state index is 0.566.